The third-order valence-corrected chi connectivity index (χ3v) is 4.52. The molecule has 0 aromatic heterocycles. The van der Waals surface area contributed by atoms with Crippen molar-refractivity contribution in [1.82, 2.24) is 4.72 Å². The van der Waals surface area contributed by atoms with Gasteiger partial charge in [-0.05, 0) is 18.6 Å². The van der Waals surface area contributed by atoms with Gasteiger partial charge in [-0.15, -0.1) is 6.58 Å². The molecule has 0 amide bonds. The van der Waals surface area contributed by atoms with Gasteiger partial charge in [-0.2, -0.15) is 0 Å². The van der Waals surface area contributed by atoms with Gasteiger partial charge in [0.05, 0.1) is 23.9 Å². The fourth-order valence-corrected chi connectivity index (χ4v) is 3.45. The molecule has 0 atom stereocenters. The van der Waals surface area contributed by atoms with Crippen LogP contribution in [0.2, 0.25) is 10.0 Å². The van der Waals surface area contributed by atoms with Crippen molar-refractivity contribution in [1.29, 1.82) is 0 Å². The molecule has 0 aliphatic rings. The van der Waals surface area contributed by atoms with Crippen LogP contribution in [0.1, 0.15) is 6.42 Å². The second-order valence-corrected chi connectivity index (χ2v) is 6.44. The molecule has 0 bridgehead atoms. The van der Waals surface area contributed by atoms with Crippen molar-refractivity contribution in [3.8, 4) is 0 Å². The summed E-state index contributed by atoms with van der Waals surface area (Å²) < 4.78 is 31.7. The smallest absolute Gasteiger partial charge is 0.244 e. The topological polar surface area (TPSA) is 81.4 Å². The van der Waals surface area contributed by atoms with Gasteiger partial charge in [0.25, 0.3) is 0 Å². The number of nitrogens with one attached hydrogen (secondary N) is 1. The van der Waals surface area contributed by atoms with E-state index in [1.54, 1.807) is 6.08 Å². The van der Waals surface area contributed by atoms with Gasteiger partial charge < -0.3 is 10.5 Å². The Morgan fingerprint density at radius 3 is 2.65 bits per heavy atom. The Labute approximate surface area is 128 Å². The first-order chi connectivity index (χ1) is 9.38. The average molecular weight is 339 g/mol. The number of halogens is 2. The fraction of sp³-hybridized carbons (Fsp3) is 0.333. The summed E-state index contributed by atoms with van der Waals surface area (Å²) in [6, 6.07) is 2.66. The zero-order valence-electron chi connectivity index (χ0n) is 10.7. The molecule has 0 saturated heterocycles. The highest BCUT2D eigenvalue weighted by atomic mass is 35.5. The van der Waals surface area contributed by atoms with Crippen LogP contribution in [0, 0.1) is 0 Å². The van der Waals surface area contributed by atoms with E-state index in [2.05, 4.69) is 11.3 Å². The van der Waals surface area contributed by atoms with Crippen molar-refractivity contribution in [2.45, 2.75) is 11.3 Å². The minimum atomic E-state index is -3.80. The molecule has 0 aliphatic heterocycles. The van der Waals surface area contributed by atoms with E-state index in [1.807, 2.05) is 0 Å². The van der Waals surface area contributed by atoms with Crippen molar-refractivity contribution in [2.75, 3.05) is 25.5 Å². The van der Waals surface area contributed by atoms with E-state index in [0.29, 0.717) is 13.0 Å². The fourth-order valence-electron chi connectivity index (χ4n) is 1.45. The highest BCUT2D eigenvalue weighted by Gasteiger charge is 2.21. The SMILES string of the molecule is C=CCCOCCNS(=O)(=O)c1c(N)cc(Cl)cc1Cl. The van der Waals surface area contributed by atoms with Crippen LogP contribution in [0.4, 0.5) is 5.69 Å². The van der Waals surface area contributed by atoms with E-state index >= 15 is 0 Å². The Hall–Kier alpha value is -0.790. The van der Waals surface area contributed by atoms with Gasteiger partial charge in [0, 0.05) is 11.6 Å². The molecule has 0 saturated carbocycles. The van der Waals surface area contributed by atoms with Gasteiger partial charge in [-0.25, -0.2) is 13.1 Å². The molecular weight excluding hydrogens is 323 g/mol. The molecule has 20 heavy (non-hydrogen) atoms. The molecule has 5 nitrogen and oxygen atoms in total. The first-order valence-corrected chi connectivity index (χ1v) is 8.05. The van der Waals surface area contributed by atoms with Crippen molar-refractivity contribution >= 4 is 38.9 Å². The number of nitrogens with two attached hydrogens (primary N) is 1. The molecule has 112 valence electrons. The maximum absolute atomic E-state index is 12.1. The second-order valence-electron chi connectivity index (χ2n) is 3.89. The third kappa shape index (κ3) is 4.96. The minimum Gasteiger partial charge on any atom is -0.398 e. The Morgan fingerprint density at radius 2 is 2.05 bits per heavy atom. The van der Waals surface area contributed by atoms with Gasteiger partial charge >= 0.3 is 0 Å². The Kier molecular flexibility index (Phi) is 6.78. The van der Waals surface area contributed by atoms with Gasteiger partial charge in [0.15, 0.2) is 0 Å². The van der Waals surface area contributed by atoms with Gasteiger partial charge in [0.1, 0.15) is 4.90 Å². The number of anilines is 1. The zero-order chi connectivity index (χ0) is 15.2. The molecule has 1 aromatic carbocycles. The maximum atomic E-state index is 12.1. The van der Waals surface area contributed by atoms with E-state index in [0.717, 1.165) is 0 Å². The summed E-state index contributed by atoms with van der Waals surface area (Å²) in [4.78, 5) is -0.172. The molecule has 0 aliphatic carbocycles. The number of benzene rings is 1. The van der Waals surface area contributed by atoms with Gasteiger partial charge in [-0.3, -0.25) is 0 Å². The van der Waals surface area contributed by atoms with E-state index in [4.69, 9.17) is 33.7 Å². The first kappa shape index (κ1) is 17.3. The highest BCUT2D eigenvalue weighted by Crippen LogP contribution is 2.30. The minimum absolute atomic E-state index is 0.00238. The third-order valence-electron chi connectivity index (χ3n) is 2.31. The highest BCUT2D eigenvalue weighted by molar-refractivity contribution is 7.89. The summed E-state index contributed by atoms with van der Waals surface area (Å²) in [5.41, 5.74) is 5.65. The molecule has 0 heterocycles. The normalized spacial score (nSPS) is 11.5. The first-order valence-electron chi connectivity index (χ1n) is 5.81. The van der Waals surface area contributed by atoms with Crippen molar-refractivity contribution in [2.24, 2.45) is 0 Å². The summed E-state index contributed by atoms with van der Waals surface area (Å²) >= 11 is 11.6. The van der Waals surface area contributed by atoms with Gasteiger partial charge in [-0.1, -0.05) is 29.3 Å². The monoisotopic (exact) mass is 338 g/mol. The Balaban J connectivity index is 2.68. The average Bonchev–Trinajstić information content (AvgIpc) is 2.31. The molecule has 1 rings (SSSR count). The van der Waals surface area contributed by atoms with Crippen LogP contribution in [0.5, 0.6) is 0 Å². The van der Waals surface area contributed by atoms with Crippen molar-refractivity contribution in [3.05, 3.63) is 34.8 Å². The molecule has 1 aromatic rings. The number of ether oxygens (including phenoxy) is 1. The molecule has 0 radical (unpaired) electrons. The predicted octanol–water partition coefficient (Wildman–Crippen LogP) is 2.45. The van der Waals surface area contributed by atoms with E-state index in [-0.39, 0.29) is 33.8 Å². The summed E-state index contributed by atoms with van der Waals surface area (Å²) in [5.74, 6) is 0. The van der Waals surface area contributed by atoms with Crippen LogP contribution >= 0.6 is 23.2 Å². The molecule has 0 spiro atoms. The molecule has 3 N–H and O–H groups in total. The Morgan fingerprint density at radius 1 is 1.35 bits per heavy atom. The maximum Gasteiger partial charge on any atom is 0.244 e. The molecule has 0 unspecified atom stereocenters. The number of rotatable bonds is 8. The lowest BCUT2D eigenvalue weighted by atomic mass is 10.3. The summed E-state index contributed by atoms with van der Waals surface area (Å²) in [6.45, 7) is 4.42. The van der Waals surface area contributed by atoms with Crippen LogP contribution in [0.3, 0.4) is 0 Å². The van der Waals surface area contributed by atoms with E-state index in [1.165, 1.54) is 12.1 Å². The van der Waals surface area contributed by atoms with Crippen LogP contribution in [-0.4, -0.2) is 28.2 Å². The number of nitrogen functional groups attached to an aromatic ring is 1. The van der Waals surface area contributed by atoms with E-state index < -0.39 is 10.0 Å². The molecule has 0 fully saturated rings. The summed E-state index contributed by atoms with van der Waals surface area (Å²) in [7, 11) is -3.80. The van der Waals surface area contributed by atoms with Crippen LogP contribution < -0.4 is 10.5 Å². The van der Waals surface area contributed by atoms with Crippen LogP contribution in [0.25, 0.3) is 0 Å². The van der Waals surface area contributed by atoms with Crippen molar-refractivity contribution in [3.63, 3.8) is 0 Å². The Bertz CT molecular complexity index is 553. The number of hydrogen-bond donors (Lipinski definition) is 2. The molecular formula is C12H16Cl2N2O3S. The standard InChI is InChI=1S/C12H16Cl2N2O3S/c1-2-3-5-19-6-4-16-20(17,18)12-10(14)7-9(13)8-11(12)15/h2,7-8,16H,1,3-6,15H2. The number of hydrogen-bond acceptors (Lipinski definition) is 4. The lowest BCUT2D eigenvalue weighted by Crippen LogP contribution is -2.28. The van der Waals surface area contributed by atoms with E-state index in [9.17, 15) is 8.42 Å². The zero-order valence-corrected chi connectivity index (χ0v) is 13.1. The summed E-state index contributed by atoms with van der Waals surface area (Å²) in [6.07, 6.45) is 2.43. The lowest BCUT2D eigenvalue weighted by Gasteiger charge is -2.11. The second kappa shape index (κ2) is 7.85. The van der Waals surface area contributed by atoms with Crippen molar-refractivity contribution < 1.29 is 13.2 Å². The quantitative estimate of drug-likeness (QED) is 0.433. The molecule has 8 heteroatoms. The summed E-state index contributed by atoms with van der Waals surface area (Å²) in [5, 5.41) is 0.259. The van der Waals surface area contributed by atoms with Crippen LogP contribution in [-0.2, 0) is 14.8 Å². The largest absolute Gasteiger partial charge is 0.398 e. The van der Waals surface area contributed by atoms with Crippen LogP contribution in [0.15, 0.2) is 29.7 Å². The number of sulfonamides is 1. The van der Waals surface area contributed by atoms with Gasteiger partial charge in [0.2, 0.25) is 10.0 Å². The predicted molar refractivity (Wildman–Crippen MR) is 81.7 cm³/mol. The lowest BCUT2D eigenvalue weighted by molar-refractivity contribution is 0.144.